The lowest BCUT2D eigenvalue weighted by molar-refractivity contribution is -0.131. The predicted molar refractivity (Wildman–Crippen MR) is 166 cm³/mol. The Hall–Kier alpha value is -4.40. The van der Waals surface area contributed by atoms with Crippen LogP contribution in [0.2, 0.25) is 5.02 Å². The molecule has 2 aromatic heterocycles. The molecule has 4 aromatic rings. The summed E-state index contributed by atoms with van der Waals surface area (Å²) in [6, 6.07) is 12.0. The molecule has 0 bridgehead atoms. The molecule has 6 rings (SSSR count). The first kappa shape index (κ1) is 29.7. The SMILES string of the molecule is [C-]#[N+]C[C@H]1CN(c2nc(OC[C@@H]3CCCN3C)nc3nc(-c4cccc5ccc(F)c(Cl)c45)ccc23)CCN1C(=O)C(=C)F. The second-order valence-electron chi connectivity index (χ2n) is 11.1. The summed E-state index contributed by atoms with van der Waals surface area (Å²) in [5, 5.41) is 1.97. The van der Waals surface area contributed by atoms with Crippen LogP contribution >= 0.6 is 11.6 Å². The molecule has 0 radical (unpaired) electrons. The van der Waals surface area contributed by atoms with Crippen molar-refractivity contribution in [1.29, 1.82) is 0 Å². The number of ether oxygens (including phenoxy) is 1. The van der Waals surface area contributed by atoms with E-state index in [9.17, 15) is 13.6 Å². The molecule has 2 atom stereocenters. The van der Waals surface area contributed by atoms with Crippen LogP contribution in [0.4, 0.5) is 14.6 Å². The number of amides is 1. The quantitative estimate of drug-likeness (QED) is 0.199. The summed E-state index contributed by atoms with van der Waals surface area (Å²) in [6.07, 6.45) is 2.09. The van der Waals surface area contributed by atoms with Crippen LogP contribution in [-0.2, 0) is 4.79 Å². The van der Waals surface area contributed by atoms with E-state index in [1.807, 2.05) is 35.2 Å². The van der Waals surface area contributed by atoms with E-state index in [0.717, 1.165) is 24.8 Å². The smallest absolute Gasteiger partial charge is 0.320 e. The number of pyridine rings is 1. The molecule has 12 heteroatoms. The van der Waals surface area contributed by atoms with Crippen LogP contribution in [0.3, 0.4) is 0 Å². The van der Waals surface area contributed by atoms with Gasteiger partial charge in [-0.25, -0.2) is 20.3 Å². The van der Waals surface area contributed by atoms with Crippen molar-refractivity contribution in [2.45, 2.75) is 24.9 Å². The fourth-order valence-corrected chi connectivity index (χ4v) is 6.32. The number of carbonyl (C=O) groups is 1. The van der Waals surface area contributed by atoms with E-state index in [2.05, 4.69) is 28.4 Å². The number of anilines is 1. The van der Waals surface area contributed by atoms with Gasteiger partial charge in [0, 0.05) is 36.6 Å². The number of likely N-dealkylation sites (tertiary alicyclic amines) is 1. The van der Waals surface area contributed by atoms with Crippen molar-refractivity contribution in [3.8, 4) is 17.3 Å². The first-order chi connectivity index (χ1) is 21.2. The second kappa shape index (κ2) is 12.3. The van der Waals surface area contributed by atoms with Gasteiger partial charge in [-0.15, -0.1) is 0 Å². The highest BCUT2D eigenvalue weighted by molar-refractivity contribution is 6.36. The van der Waals surface area contributed by atoms with Crippen LogP contribution in [0, 0.1) is 12.4 Å². The summed E-state index contributed by atoms with van der Waals surface area (Å²) in [5.41, 5.74) is 1.56. The molecule has 2 aliphatic rings. The minimum Gasteiger partial charge on any atom is -0.462 e. The highest BCUT2D eigenvalue weighted by atomic mass is 35.5. The van der Waals surface area contributed by atoms with E-state index >= 15 is 0 Å². The molecule has 2 fully saturated rings. The fourth-order valence-electron chi connectivity index (χ4n) is 6.05. The molecule has 2 saturated heterocycles. The largest absolute Gasteiger partial charge is 0.462 e. The van der Waals surface area contributed by atoms with Crippen LogP contribution in [0.1, 0.15) is 12.8 Å². The van der Waals surface area contributed by atoms with E-state index in [4.69, 9.17) is 32.9 Å². The summed E-state index contributed by atoms with van der Waals surface area (Å²) in [4.78, 5) is 35.8. The molecule has 2 aliphatic heterocycles. The van der Waals surface area contributed by atoms with E-state index in [1.165, 1.54) is 11.0 Å². The molecule has 0 spiro atoms. The highest BCUT2D eigenvalue weighted by Crippen LogP contribution is 2.36. The fraction of sp³-hybridized carbons (Fsp3) is 0.344. The Kier molecular flexibility index (Phi) is 8.29. The summed E-state index contributed by atoms with van der Waals surface area (Å²) in [6.45, 7) is 12.7. The van der Waals surface area contributed by atoms with Crippen LogP contribution in [-0.4, -0.2) is 89.1 Å². The Morgan fingerprint density at radius 1 is 1.14 bits per heavy atom. The average molecular weight is 618 g/mol. The third-order valence-electron chi connectivity index (χ3n) is 8.38. The van der Waals surface area contributed by atoms with Crippen molar-refractivity contribution >= 4 is 45.1 Å². The number of hydrogen-bond acceptors (Lipinski definition) is 7. The summed E-state index contributed by atoms with van der Waals surface area (Å²) in [5.74, 6) is -1.86. The maximum atomic E-state index is 14.5. The van der Waals surface area contributed by atoms with Crippen LogP contribution in [0.15, 0.2) is 54.9 Å². The molecular weight excluding hydrogens is 588 g/mol. The number of rotatable bonds is 7. The Labute approximate surface area is 258 Å². The van der Waals surface area contributed by atoms with Crippen LogP contribution in [0.5, 0.6) is 6.01 Å². The van der Waals surface area contributed by atoms with E-state index in [1.54, 1.807) is 6.07 Å². The zero-order valence-corrected chi connectivity index (χ0v) is 24.9. The lowest BCUT2D eigenvalue weighted by atomic mass is 10.0. The summed E-state index contributed by atoms with van der Waals surface area (Å²) in [7, 11) is 2.06. The van der Waals surface area contributed by atoms with Gasteiger partial charge < -0.3 is 24.3 Å². The zero-order chi connectivity index (χ0) is 31.0. The van der Waals surface area contributed by atoms with Crippen LogP contribution < -0.4 is 9.64 Å². The van der Waals surface area contributed by atoms with Gasteiger partial charge in [-0.2, -0.15) is 9.97 Å². The van der Waals surface area contributed by atoms with Crippen LogP contribution in [0.25, 0.3) is 37.9 Å². The Morgan fingerprint density at radius 2 is 1.98 bits per heavy atom. The van der Waals surface area contributed by atoms with E-state index < -0.39 is 23.6 Å². The van der Waals surface area contributed by atoms with Gasteiger partial charge in [-0.1, -0.05) is 42.4 Å². The number of hydrogen-bond donors (Lipinski definition) is 0. The normalized spacial score (nSPS) is 19.0. The first-order valence-corrected chi connectivity index (χ1v) is 14.8. The van der Waals surface area contributed by atoms with Gasteiger partial charge >= 0.3 is 6.01 Å². The molecule has 44 heavy (non-hydrogen) atoms. The number of fused-ring (bicyclic) bond motifs is 2. The van der Waals surface area contributed by atoms with Crippen molar-refractivity contribution in [3.63, 3.8) is 0 Å². The molecule has 226 valence electrons. The molecule has 9 nitrogen and oxygen atoms in total. The number of aromatic nitrogens is 3. The minimum atomic E-state index is -1.06. The van der Waals surface area contributed by atoms with Gasteiger partial charge in [0.05, 0.1) is 16.1 Å². The molecule has 0 unspecified atom stereocenters. The van der Waals surface area contributed by atoms with Gasteiger partial charge in [0.1, 0.15) is 24.3 Å². The second-order valence-corrected chi connectivity index (χ2v) is 11.5. The van der Waals surface area contributed by atoms with Crippen molar-refractivity contribution in [3.05, 3.63) is 77.1 Å². The lowest BCUT2D eigenvalue weighted by Crippen LogP contribution is -2.56. The average Bonchev–Trinajstić information content (AvgIpc) is 3.44. The Balaban J connectivity index is 1.43. The van der Waals surface area contributed by atoms with Crippen molar-refractivity contribution in [2.75, 3.05) is 51.3 Å². The third-order valence-corrected chi connectivity index (χ3v) is 8.75. The minimum absolute atomic E-state index is 0.00327. The molecule has 4 heterocycles. The van der Waals surface area contributed by atoms with Crippen molar-refractivity contribution in [1.82, 2.24) is 24.8 Å². The predicted octanol–water partition coefficient (Wildman–Crippen LogP) is 5.53. The number of piperazine rings is 1. The number of nitrogens with zero attached hydrogens (tertiary/aromatic N) is 7. The Bertz CT molecular complexity index is 1810. The highest BCUT2D eigenvalue weighted by Gasteiger charge is 2.35. The molecule has 2 aromatic carbocycles. The van der Waals surface area contributed by atoms with Gasteiger partial charge in [0.25, 0.3) is 5.91 Å². The van der Waals surface area contributed by atoms with Crippen molar-refractivity contribution < 1.29 is 18.3 Å². The van der Waals surface area contributed by atoms with Gasteiger partial charge in [-0.05, 0) is 50.0 Å². The molecule has 0 N–H and O–H groups in total. The van der Waals surface area contributed by atoms with Gasteiger partial charge in [0.2, 0.25) is 6.54 Å². The number of likely N-dealkylation sites (N-methyl/N-ethyl adjacent to an activating group) is 1. The first-order valence-electron chi connectivity index (χ1n) is 14.4. The molecule has 0 aliphatic carbocycles. The maximum Gasteiger partial charge on any atom is 0.320 e. The van der Waals surface area contributed by atoms with E-state index in [-0.39, 0.29) is 36.7 Å². The molecule has 1 amide bonds. The number of benzene rings is 2. The summed E-state index contributed by atoms with van der Waals surface area (Å²) < 4.78 is 34.4. The zero-order valence-electron chi connectivity index (χ0n) is 24.1. The topological polar surface area (TPSA) is 79.1 Å². The Morgan fingerprint density at radius 3 is 2.73 bits per heavy atom. The van der Waals surface area contributed by atoms with Crippen molar-refractivity contribution in [2.24, 2.45) is 0 Å². The van der Waals surface area contributed by atoms with E-state index in [0.29, 0.717) is 46.6 Å². The molecule has 0 saturated carbocycles. The number of halogens is 3. The third kappa shape index (κ3) is 5.63. The van der Waals surface area contributed by atoms with Gasteiger partial charge in [0.15, 0.2) is 11.5 Å². The number of carbonyl (C=O) groups excluding carboxylic acids is 1. The van der Waals surface area contributed by atoms with Gasteiger partial charge in [-0.3, -0.25) is 4.79 Å². The monoisotopic (exact) mass is 617 g/mol. The lowest BCUT2D eigenvalue weighted by Gasteiger charge is -2.39. The summed E-state index contributed by atoms with van der Waals surface area (Å²) >= 11 is 6.42. The standard InChI is InChI=1S/C32H30ClF2N7O2/c1-19(34)31(43)42-15-14-41(17-22(42)16-36-2)30-24-10-12-26(23-8-4-6-20-9-11-25(35)28(33)27(20)23)37-29(24)38-32(39-30)44-18-21-7-5-13-40(21)3/h4,6,8-12,21-22H,1,5,7,13-18H2,3H3/t21-,22-/m0/s1. The maximum absolute atomic E-state index is 14.5. The molecular formula is C32H30ClF2N7O2.